The van der Waals surface area contributed by atoms with Crippen LogP contribution in [0, 0.1) is 0 Å². The molecule has 0 aliphatic carbocycles. The van der Waals surface area contributed by atoms with Crippen molar-refractivity contribution in [1.82, 2.24) is 5.48 Å². The predicted molar refractivity (Wildman–Crippen MR) is 97.7 cm³/mol. The molecule has 0 aliphatic rings. The first-order valence-corrected chi connectivity index (χ1v) is 9.38. The molecule has 9 heteroatoms. The summed E-state index contributed by atoms with van der Waals surface area (Å²) in [5.74, 6) is -3.41. The second-order valence-corrected chi connectivity index (χ2v) is 6.42. The number of carbonyl (C=O) groups is 2. The van der Waals surface area contributed by atoms with Crippen molar-refractivity contribution in [3.8, 4) is 0 Å². The van der Waals surface area contributed by atoms with E-state index in [1.807, 2.05) is 0 Å². The SMILES string of the molecule is CCCCCCCCCC/C=C/NO[C@@H](C(=O)O)[C@@H](O)[C@H](O)[C@H](O)C(=O)O. The monoisotopic (exact) mass is 391 g/mol. The number of unbranched alkanes of at least 4 members (excludes halogenated alkanes) is 8. The molecule has 0 aliphatic heterocycles. The molecular weight excluding hydrogens is 358 g/mol. The number of aliphatic carboxylic acids is 2. The highest BCUT2D eigenvalue weighted by molar-refractivity contribution is 5.75. The van der Waals surface area contributed by atoms with Crippen LogP contribution >= 0.6 is 0 Å². The summed E-state index contributed by atoms with van der Waals surface area (Å²) in [4.78, 5) is 26.4. The molecule has 0 rings (SSSR count). The van der Waals surface area contributed by atoms with Crippen LogP contribution in [-0.2, 0) is 14.4 Å². The van der Waals surface area contributed by atoms with Crippen molar-refractivity contribution in [2.75, 3.05) is 0 Å². The van der Waals surface area contributed by atoms with Gasteiger partial charge in [0.15, 0.2) is 6.10 Å². The van der Waals surface area contributed by atoms with E-state index in [2.05, 4.69) is 12.4 Å². The molecular formula is C18H33NO8. The molecule has 0 spiro atoms. The minimum absolute atomic E-state index is 0.770. The Morgan fingerprint density at radius 3 is 1.96 bits per heavy atom. The molecule has 27 heavy (non-hydrogen) atoms. The van der Waals surface area contributed by atoms with E-state index >= 15 is 0 Å². The van der Waals surface area contributed by atoms with Gasteiger partial charge in [-0.25, -0.2) is 9.59 Å². The second-order valence-electron chi connectivity index (χ2n) is 6.42. The standard InChI is InChI=1S/C18H33NO8/c1-2-3-4-5-6-7-8-9-10-11-12-19-27-16(18(25)26)14(21)13(20)15(22)17(23)24/h11-16,19-22H,2-10H2,1H3,(H,23,24)(H,25,26)/b12-11+/t13-,14-,15-,16+/m0/s1. The van der Waals surface area contributed by atoms with E-state index in [0.29, 0.717) is 0 Å². The third-order valence-corrected chi connectivity index (χ3v) is 4.09. The summed E-state index contributed by atoms with van der Waals surface area (Å²) in [6.07, 6.45) is 4.80. The number of carboxylic acid groups (broad SMARTS) is 2. The normalized spacial score (nSPS) is 16.0. The van der Waals surface area contributed by atoms with Crippen molar-refractivity contribution in [3.63, 3.8) is 0 Å². The summed E-state index contributed by atoms with van der Waals surface area (Å²) < 4.78 is 0. The van der Waals surface area contributed by atoms with Gasteiger partial charge in [-0.1, -0.05) is 57.9 Å². The molecule has 0 fully saturated rings. The highest BCUT2D eigenvalue weighted by Crippen LogP contribution is 2.10. The van der Waals surface area contributed by atoms with Crippen LogP contribution in [0.3, 0.4) is 0 Å². The van der Waals surface area contributed by atoms with Gasteiger partial charge in [-0.05, 0) is 12.8 Å². The van der Waals surface area contributed by atoms with E-state index in [-0.39, 0.29) is 0 Å². The van der Waals surface area contributed by atoms with Crippen molar-refractivity contribution < 1.29 is 40.0 Å². The average molecular weight is 391 g/mol. The van der Waals surface area contributed by atoms with E-state index < -0.39 is 36.4 Å². The minimum Gasteiger partial charge on any atom is -0.479 e. The Kier molecular flexibility index (Phi) is 14.4. The first kappa shape index (κ1) is 25.3. The molecule has 9 nitrogen and oxygen atoms in total. The quantitative estimate of drug-likeness (QED) is 0.158. The van der Waals surface area contributed by atoms with Gasteiger partial charge in [0.1, 0.15) is 12.2 Å². The molecule has 158 valence electrons. The fourth-order valence-electron chi connectivity index (χ4n) is 2.42. The molecule has 0 aromatic rings. The number of aliphatic hydroxyl groups excluding tert-OH is 3. The Morgan fingerprint density at radius 1 is 0.889 bits per heavy atom. The Balaban J connectivity index is 4.03. The lowest BCUT2D eigenvalue weighted by atomic mass is 10.0. The van der Waals surface area contributed by atoms with Gasteiger partial charge in [0.25, 0.3) is 0 Å². The summed E-state index contributed by atoms with van der Waals surface area (Å²) in [7, 11) is 0. The lowest BCUT2D eigenvalue weighted by Gasteiger charge is -2.24. The van der Waals surface area contributed by atoms with Crippen molar-refractivity contribution in [2.24, 2.45) is 0 Å². The van der Waals surface area contributed by atoms with Crippen LogP contribution in [-0.4, -0.2) is 61.9 Å². The number of hydrogen-bond donors (Lipinski definition) is 6. The van der Waals surface area contributed by atoms with Gasteiger partial charge in [0.05, 0.1) is 0 Å². The zero-order valence-corrected chi connectivity index (χ0v) is 15.8. The van der Waals surface area contributed by atoms with Crippen LogP contribution in [0.25, 0.3) is 0 Å². The number of hydrogen-bond acceptors (Lipinski definition) is 7. The first-order valence-electron chi connectivity index (χ1n) is 9.38. The van der Waals surface area contributed by atoms with Crippen LogP contribution in [0.1, 0.15) is 64.7 Å². The molecule has 0 heterocycles. The largest absolute Gasteiger partial charge is 0.479 e. The Morgan fingerprint density at radius 2 is 1.44 bits per heavy atom. The van der Waals surface area contributed by atoms with Gasteiger partial charge < -0.3 is 25.5 Å². The maximum atomic E-state index is 11.1. The van der Waals surface area contributed by atoms with Gasteiger partial charge in [0, 0.05) is 6.20 Å². The average Bonchev–Trinajstić information content (AvgIpc) is 2.63. The molecule has 0 unspecified atom stereocenters. The molecule has 0 aromatic heterocycles. The summed E-state index contributed by atoms with van der Waals surface area (Å²) in [5.41, 5.74) is 2.23. The van der Waals surface area contributed by atoms with Crippen molar-refractivity contribution in [3.05, 3.63) is 12.3 Å². The number of allylic oxidation sites excluding steroid dienone is 1. The predicted octanol–water partition coefficient (Wildman–Crippen LogP) is 1.17. The van der Waals surface area contributed by atoms with Crippen LogP contribution < -0.4 is 5.48 Å². The molecule has 0 aromatic carbocycles. The smallest absolute Gasteiger partial charge is 0.338 e. The van der Waals surface area contributed by atoms with Gasteiger partial charge in [-0.2, -0.15) is 0 Å². The van der Waals surface area contributed by atoms with E-state index in [1.54, 1.807) is 6.08 Å². The third-order valence-electron chi connectivity index (χ3n) is 4.09. The molecule has 0 saturated carbocycles. The number of nitrogens with one attached hydrogen (secondary N) is 1. The zero-order valence-electron chi connectivity index (χ0n) is 15.8. The Hall–Kier alpha value is -1.68. The molecule has 6 N–H and O–H groups in total. The van der Waals surface area contributed by atoms with Crippen molar-refractivity contribution >= 4 is 11.9 Å². The first-order chi connectivity index (χ1) is 12.8. The second kappa shape index (κ2) is 15.4. The number of carboxylic acids is 2. The van der Waals surface area contributed by atoms with Crippen LogP contribution in [0.5, 0.6) is 0 Å². The van der Waals surface area contributed by atoms with Crippen molar-refractivity contribution in [1.29, 1.82) is 0 Å². The summed E-state index contributed by atoms with van der Waals surface area (Å²) in [6.45, 7) is 2.19. The van der Waals surface area contributed by atoms with Crippen LogP contribution in [0.4, 0.5) is 0 Å². The van der Waals surface area contributed by atoms with E-state index in [0.717, 1.165) is 19.3 Å². The lowest BCUT2D eigenvalue weighted by molar-refractivity contribution is -0.184. The van der Waals surface area contributed by atoms with E-state index in [4.69, 9.17) is 15.1 Å². The van der Waals surface area contributed by atoms with Gasteiger partial charge in [-0.15, -0.1) is 0 Å². The lowest BCUT2D eigenvalue weighted by Crippen LogP contribution is -2.52. The van der Waals surface area contributed by atoms with Gasteiger partial charge in [0.2, 0.25) is 6.10 Å². The topological polar surface area (TPSA) is 157 Å². The van der Waals surface area contributed by atoms with Gasteiger partial charge in [-0.3, -0.25) is 10.3 Å². The van der Waals surface area contributed by atoms with Crippen LogP contribution in [0.2, 0.25) is 0 Å². The summed E-state index contributed by atoms with van der Waals surface area (Å²) >= 11 is 0. The molecule has 0 saturated heterocycles. The minimum atomic E-state index is -2.33. The Labute approximate surface area is 159 Å². The number of rotatable bonds is 17. The highest BCUT2D eigenvalue weighted by atomic mass is 16.7. The fraction of sp³-hybridized carbons (Fsp3) is 0.778. The van der Waals surface area contributed by atoms with Gasteiger partial charge >= 0.3 is 11.9 Å². The fourth-order valence-corrected chi connectivity index (χ4v) is 2.42. The number of hydroxylamine groups is 1. The van der Waals surface area contributed by atoms with E-state index in [9.17, 15) is 24.9 Å². The molecule has 0 bridgehead atoms. The van der Waals surface area contributed by atoms with E-state index in [1.165, 1.54) is 44.7 Å². The highest BCUT2D eigenvalue weighted by Gasteiger charge is 2.39. The maximum Gasteiger partial charge on any atom is 0.338 e. The summed E-state index contributed by atoms with van der Waals surface area (Å²) in [6, 6.07) is 0. The Bertz CT molecular complexity index is 443. The number of aliphatic hydroxyl groups is 3. The molecule has 0 amide bonds. The molecule has 4 atom stereocenters. The zero-order chi connectivity index (χ0) is 20.7. The summed E-state index contributed by atoms with van der Waals surface area (Å²) in [5, 5.41) is 45.9. The van der Waals surface area contributed by atoms with Crippen molar-refractivity contribution in [2.45, 2.75) is 89.1 Å². The third kappa shape index (κ3) is 11.6. The van der Waals surface area contributed by atoms with Crippen LogP contribution in [0.15, 0.2) is 12.3 Å². The molecule has 0 radical (unpaired) electrons. The maximum absolute atomic E-state index is 11.1.